The van der Waals surface area contributed by atoms with E-state index in [1.165, 1.54) is 0 Å². The van der Waals surface area contributed by atoms with Crippen molar-refractivity contribution in [3.63, 3.8) is 0 Å². The van der Waals surface area contributed by atoms with E-state index >= 15 is 0 Å². The van der Waals surface area contributed by atoms with Crippen molar-refractivity contribution >= 4 is 0 Å². The molecule has 5 nitrogen and oxygen atoms in total. The summed E-state index contributed by atoms with van der Waals surface area (Å²) in [7, 11) is 1.64. The van der Waals surface area contributed by atoms with E-state index in [0.29, 0.717) is 19.8 Å². The van der Waals surface area contributed by atoms with Crippen LogP contribution in [0, 0.1) is 0 Å². The smallest absolute Gasteiger partial charge is 0.186 e. The first-order valence-electron chi connectivity index (χ1n) is 9.88. The average Bonchev–Trinajstić information content (AvgIpc) is 2.63. The Kier molecular flexibility index (Phi) is 12.4. The SMILES string of the molecule is C=CC1O[C@H](OC)C(OCCCC)C(OCCCC)[C@H]1OCCCC. The molecule has 25 heavy (non-hydrogen) atoms. The summed E-state index contributed by atoms with van der Waals surface area (Å²) >= 11 is 0. The second-order valence-corrected chi connectivity index (χ2v) is 6.51. The fourth-order valence-electron chi connectivity index (χ4n) is 2.86. The molecule has 1 aliphatic rings. The number of rotatable bonds is 14. The van der Waals surface area contributed by atoms with Crippen molar-refractivity contribution in [1.82, 2.24) is 0 Å². The zero-order valence-electron chi connectivity index (χ0n) is 16.6. The van der Waals surface area contributed by atoms with Gasteiger partial charge in [0.25, 0.3) is 0 Å². The van der Waals surface area contributed by atoms with Crippen LogP contribution >= 0.6 is 0 Å². The second kappa shape index (κ2) is 13.7. The largest absolute Gasteiger partial charge is 0.372 e. The van der Waals surface area contributed by atoms with Gasteiger partial charge in [0.2, 0.25) is 0 Å². The molecule has 0 N–H and O–H groups in total. The van der Waals surface area contributed by atoms with Crippen LogP contribution in [0.25, 0.3) is 0 Å². The molecule has 5 atom stereocenters. The Morgan fingerprint density at radius 1 is 0.800 bits per heavy atom. The number of unbranched alkanes of at least 4 members (excludes halogenated alkanes) is 3. The molecule has 0 spiro atoms. The number of hydrogen-bond donors (Lipinski definition) is 0. The van der Waals surface area contributed by atoms with Crippen LogP contribution in [0.3, 0.4) is 0 Å². The van der Waals surface area contributed by atoms with E-state index in [9.17, 15) is 0 Å². The summed E-state index contributed by atoms with van der Waals surface area (Å²) < 4.78 is 30.1. The molecule has 0 radical (unpaired) electrons. The van der Waals surface area contributed by atoms with Crippen molar-refractivity contribution < 1.29 is 23.7 Å². The number of methoxy groups -OCH3 is 1. The quantitative estimate of drug-likeness (QED) is 0.345. The normalized spacial score (nSPS) is 29.7. The molecule has 0 amide bonds. The van der Waals surface area contributed by atoms with Gasteiger partial charge in [-0.25, -0.2) is 0 Å². The van der Waals surface area contributed by atoms with Gasteiger partial charge in [-0.3, -0.25) is 0 Å². The van der Waals surface area contributed by atoms with Crippen molar-refractivity contribution in [1.29, 1.82) is 0 Å². The second-order valence-electron chi connectivity index (χ2n) is 6.51. The third-order valence-electron chi connectivity index (χ3n) is 4.42. The summed E-state index contributed by atoms with van der Waals surface area (Å²) in [5.74, 6) is 0. The highest BCUT2D eigenvalue weighted by molar-refractivity contribution is 4.99. The Morgan fingerprint density at radius 2 is 1.28 bits per heavy atom. The maximum atomic E-state index is 6.22. The molecule has 1 rings (SSSR count). The van der Waals surface area contributed by atoms with Gasteiger partial charge in [0, 0.05) is 26.9 Å². The standard InChI is InChI=1S/C20H38O5/c1-6-10-13-22-17-16(9-4)25-20(21-5)19(24-15-12-8-3)18(17)23-14-11-7-2/h9,16-20H,4,6-8,10-15H2,1-3,5H3/t16?,17-,18?,19?,20-/m0/s1. The molecule has 0 aromatic rings. The minimum Gasteiger partial charge on any atom is -0.372 e. The van der Waals surface area contributed by atoms with Crippen LogP contribution in [0.5, 0.6) is 0 Å². The summed E-state index contributed by atoms with van der Waals surface area (Å²) in [4.78, 5) is 0. The summed E-state index contributed by atoms with van der Waals surface area (Å²) in [5.41, 5.74) is 0. The zero-order valence-corrected chi connectivity index (χ0v) is 16.6. The molecule has 0 aromatic heterocycles. The summed E-state index contributed by atoms with van der Waals surface area (Å²) in [6.07, 6.45) is 6.58. The highest BCUT2D eigenvalue weighted by Gasteiger charge is 2.47. The Labute approximate surface area is 154 Å². The molecule has 1 heterocycles. The van der Waals surface area contributed by atoms with E-state index in [0.717, 1.165) is 38.5 Å². The lowest BCUT2D eigenvalue weighted by Crippen LogP contribution is -2.60. The Morgan fingerprint density at radius 3 is 1.72 bits per heavy atom. The first-order valence-corrected chi connectivity index (χ1v) is 9.88. The first kappa shape index (κ1) is 22.6. The van der Waals surface area contributed by atoms with Crippen LogP contribution in [-0.4, -0.2) is 57.6 Å². The summed E-state index contributed by atoms with van der Waals surface area (Å²) in [6, 6.07) is 0. The van der Waals surface area contributed by atoms with Gasteiger partial charge in [-0.2, -0.15) is 0 Å². The fraction of sp³-hybridized carbons (Fsp3) is 0.900. The molecule has 0 saturated carbocycles. The molecule has 0 aromatic carbocycles. The minimum absolute atomic E-state index is 0.220. The number of ether oxygens (including phenoxy) is 5. The monoisotopic (exact) mass is 358 g/mol. The summed E-state index contributed by atoms with van der Waals surface area (Å²) in [6.45, 7) is 12.4. The molecule has 0 bridgehead atoms. The van der Waals surface area contributed by atoms with Gasteiger partial charge in [0.05, 0.1) is 0 Å². The Balaban J connectivity index is 2.89. The van der Waals surface area contributed by atoms with Gasteiger partial charge in [-0.1, -0.05) is 46.1 Å². The van der Waals surface area contributed by atoms with Gasteiger partial charge >= 0.3 is 0 Å². The first-order chi connectivity index (χ1) is 12.2. The lowest BCUT2D eigenvalue weighted by Gasteiger charge is -2.44. The lowest BCUT2D eigenvalue weighted by molar-refractivity contribution is -0.304. The summed E-state index contributed by atoms with van der Waals surface area (Å²) in [5, 5.41) is 0. The molecule has 0 aliphatic carbocycles. The molecule has 3 unspecified atom stereocenters. The van der Waals surface area contributed by atoms with E-state index in [2.05, 4.69) is 27.4 Å². The predicted octanol–water partition coefficient (Wildman–Crippen LogP) is 4.10. The maximum Gasteiger partial charge on any atom is 0.186 e. The average molecular weight is 359 g/mol. The van der Waals surface area contributed by atoms with Crippen molar-refractivity contribution in [3.8, 4) is 0 Å². The van der Waals surface area contributed by atoms with E-state index in [-0.39, 0.29) is 24.4 Å². The van der Waals surface area contributed by atoms with Gasteiger partial charge in [0.1, 0.15) is 24.4 Å². The third-order valence-corrected chi connectivity index (χ3v) is 4.42. The highest BCUT2D eigenvalue weighted by Crippen LogP contribution is 2.29. The maximum absolute atomic E-state index is 6.22. The Hall–Kier alpha value is -0.460. The van der Waals surface area contributed by atoms with Gasteiger partial charge < -0.3 is 23.7 Å². The molecule has 5 heteroatoms. The van der Waals surface area contributed by atoms with Crippen LogP contribution in [0.1, 0.15) is 59.3 Å². The highest BCUT2D eigenvalue weighted by atomic mass is 16.7. The van der Waals surface area contributed by atoms with Crippen LogP contribution in [0.4, 0.5) is 0 Å². The molecule has 1 fully saturated rings. The van der Waals surface area contributed by atoms with Crippen molar-refractivity contribution in [2.75, 3.05) is 26.9 Å². The number of hydrogen-bond acceptors (Lipinski definition) is 5. The van der Waals surface area contributed by atoms with Crippen LogP contribution in [0.2, 0.25) is 0 Å². The van der Waals surface area contributed by atoms with E-state index in [4.69, 9.17) is 23.7 Å². The van der Waals surface area contributed by atoms with Crippen LogP contribution < -0.4 is 0 Å². The minimum atomic E-state index is -0.475. The predicted molar refractivity (Wildman–Crippen MR) is 99.8 cm³/mol. The van der Waals surface area contributed by atoms with Gasteiger partial charge in [0.15, 0.2) is 6.29 Å². The zero-order chi connectivity index (χ0) is 18.5. The lowest BCUT2D eigenvalue weighted by atomic mass is 9.97. The van der Waals surface area contributed by atoms with E-state index in [1.807, 2.05) is 0 Å². The molecule has 1 saturated heterocycles. The van der Waals surface area contributed by atoms with Crippen LogP contribution in [0.15, 0.2) is 12.7 Å². The fourth-order valence-corrected chi connectivity index (χ4v) is 2.86. The molecular weight excluding hydrogens is 320 g/mol. The van der Waals surface area contributed by atoms with Gasteiger partial charge in [-0.05, 0) is 19.3 Å². The molecular formula is C20H38O5. The van der Waals surface area contributed by atoms with Crippen LogP contribution in [-0.2, 0) is 23.7 Å². The van der Waals surface area contributed by atoms with Crippen molar-refractivity contribution in [2.24, 2.45) is 0 Å². The van der Waals surface area contributed by atoms with Crippen molar-refractivity contribution in [3.05, 3.63) is 12.7 Å². The molecule has 1 aliphatic heterocycles. The van der Waals surface area contributed by atoms with Crippen molar-refractivity contribution in [2.45, 2.75) is 90.0 Å². The van der Waals surface area contributed by atoms with Gasteiger partial charge in [-0.15, -0.1) is 6.58 Å². The topological polar surface area (TPSA) is 46.2 Å². The molecule has 148 valence electrons. The Bertz CT molecular complexity index is 336. The third kappa shape index (κ3) is 7.35. The van der Waals surface area contributed by atoms with E-state index in [1.54, 1.807) is 13.2 Å². The van der Waals surface area contributed by atoms with E-state index < -0.39 is 6.29 Å².